The largest absolute Gasteiger partial charge is 0.357 e. The molecule has 0 saturated heterocycles. The first-order valence-electron chi connectivity index (χ1n) is 10.0. The van der Waals surface area contributed by atoms with Gasteiger partial charge in [0.15, 0.2) is 5.96 Å². The molecular weight excluding hydrogens is 463 g/mol. The molecular formula is C21H35IN6. The van der Waals surface area contributed by atoms with Crippen LogP contribution >= 0.6 is 24.0 Å². The van der Waals surface area contributed by atoms with Gasteiger partial charge in [-0.05, 0) is 32.0 Å². The van der Waals surface area contributed by atoms with Crippen molar-refractivity contribution in [2.24, 2.45) is 4.99 Å². The highest BCUT2D eigenvalue weighted by Gasteiger charge is 2.17. The van der Waals surface area contributed by atoms with E-state index in [1.165, 1.54) is 5.56 Å². The molecule has 1 aromatic heterocycles. The molecule has 0 amide bonds. The van der Waals surface area contributed by atoms with Crippen LogP contribution in [0.4, 0.5) is 0 Å². The molecule has 0 aliphatic rings. The zero-order valence-corrected chi connectivity index (χ0v) is 19.7. The highest BCUT2D eigenvalue weighted by atomic mass is 127. The van der Waals surface area contributed by atoms with E-state index in [-0.39, 0.29) is 24.0 Å². The standard InChI is InChI=1S/C21H34N6.HI/c1-4-23-21(24-13-10-15-26-16-14-22-18-26)25-17-20(27(5-2)6-3)19-11-8-7-9-12-19;/h7-9,11-12,14,16,18,20H,4-6,10,13,15,17H2,1-3H3,(H2,23,24,25);1H. The topological polar surface area (TPSA) is 57.5 Å². The van der Waals surface area contributed by atoms with Gasteiger partial charge >= 0.3 is 0 Å². The van der Waals surface area contributed by atoms with E-state index < -0.39 is 0 Å². The van der Waals surface area contributed by atoms with Gasteiger partial charge in [-0.3, -0.25) is 9.89 Å². The lowest BCUT2D eigenvalue weighted by atomic mass is 10.1. The second kappa shape index (κ2) is 14.4. The quantitative estimate of drug-likeness (QED) is 0.216. The number of nitrogens with zero attached hydrogens (tertiary/aromatic N) is 4. The van der Waals surface area contributed by atoms with Gasteiger partial charge in [0.2, 0.25) is 0 Å². The fraction of sp³-hybridized carbons (Fsp3) is 0.524. The van der Waals surface area contributed by atoms with Crippen LogP contribution in [0.15, 0.2) is 54.0 Å². The van der Waals surface area contributed by atoms with Gasteiger partial charge in [0, 0.05) is 32.0 Å². The molecule has 0 saturated carbocycles. The predicted molar refractivity (Wildman–Crippen MR) is 128 cm³/mol. The smallest absolute Gasteiger partial charge is 0.191 e. The number of guanidine groups is 1. The Morgan fingerprint density at radius 1 is 1.14 bits per heavy atom. The fourth-order valence-electron chi connectivity index (χ4n) is 3.18. The third-order valence-electron chi connectivity index (χ3n) is 4.65. The Hall–Kier alpha value is -1.61. The van der Waals surface area contributed by atoms with Gasteiger partial charge in [-0.15, -0.1) is 24.0 Å². The van der Waals surface area contributed by atoms with E-state index in [2.05, 4.69) is 76.2 Å². The van der Waals surface area contributed by atoms with Crippen molar-refractivity contribution in [2.45, 2.75) is 39.8 Å². The lowest BCUT2D eigenvalue weighted by Gasteiger charge is -2.29. The number of rotatable bonds is 11. The van der Waals surface area contributed by atoms with E-state index in [4.69, 9.17) is 4.99 Å². The molecule has 0 fully saturated rings. The Morgan fingerprint density at radius 2 is 1.89 bits per heavy atom. The fourth-order valence-corrected chi connectivity index (χ4v) is 3.18. The molecule has 1 atom stereocenters. The second-order valence-corrected chi connectivity index (χ2v) is 6.45. The van der Waals surface area contributed by atoms with E-state index in [0.29, 0.717) is 6.04 Å². The van der Waals surface area contributed by atoms with E-state index >= 15 is 0 Å². The Bertz CT molecular complexity index is 640. The molecule has 1 unspecified atom stereocenters. The maximum Gasteiger partial charge on any atom is 0.191 e. The number of hydrogen-bond acceptors (Lipinski definition) is 3. The van der Waals surface area contributed by atoms with Crippen molar-refractivity contribution in [3.63, 3.8) is 0 Å². The molecule has 0 bridgehead atoms. The first-order chi connectivity index (χ1) is 13.3. The van der Waals surface area contributed by atoms with Crippen LogP contribution in [0.3, 0.4) is 0 Å². The molecule has 0 aliphatic heterocycles. The Labute approximate surface area is 186 Å². The van der Waals surface area contributed by atoms with Crippen molar-refractivity contribution in [3.8, 4) is 0 Å². The van der Waals surface area contributed by atoms with Gasteiger partial charge in [-0.2, -0.15) is 0 Å². The third-order valence-corrected chi connectivity index (χ3v) is 4.65. The minimum absolute atomic E-state index is 0. The number of imidazole rings is 1. The van der Waals surface area contributed by atoms with Gasteiger partial charge in [0.25, 0.3) is 0 Å². The molecule has 28 heavy (non-hydrogen) atoms. The maximum atomic E-state index is 4.88. The zero-order valence-electron chi connectivity index (χ0n) is 17.3. The van der Waals surface area contributed by atoms with Crippen molar-refractivity contribution in [3.05, 3.63) is 54.6 Å². The average molecular weight is 498 g/mol. The molecule has 2 rings (SSSR count). The number of aromatic nitrogens is 2. The summed E-state index contributed by atoms with van der Waals surface area (Å²) in [5.74, 6) is 0.885. The number of halogens is 1. The third kappa shape index (κ3) is 8.18. The van der Waals surface area contributed by atoms with Crippen LogP contribution in [0.2, 0.25) is 0 Å². The van der Waals surface area contributed by atoms with Gasteiger partial charge in [0.05, 0.1) is 18.9 Å². The SMILES string of the molecule is CCNC(=NCC(c1ccccc1)N(CC)CC)NCCCn1ccnc1.I. The predicted octanol–water partition coefficient (Wildman–Crippen LogP) is 3.53. The van der Waals surface area contributed by atoms with E-state index in [0.717, 1.165) is 51.6 Å². The van der Waals surface area contributed by atoms with Gasteiger partial charge in [0.1, 0.15) is 0 Å². The van der Waals surface area contributed by atoms with Crippen LogP contribution in [-0.2, 0) is 6.54 Å². The second-order valence-electron chi connectivity index (χ2n) is 6.45. The number of likely N-dealkylation sites (N-methyl/N-ethyl adjacent to an activating group) is 1. The van der Waals surface area contributed by atoms with Crippen LogP contribution in [0.1, 0.15) is 38.8 Å². The van der Waals surface area contributed by atoms with E-state index in [1.54, 1.807) is 0 Å². The Balaban J connectivity index is 0.00000392. The highest BCUT2D eigenvalue weighted by Crippen LogP contribution is 2.20. The van der Waals surface area contributed by atoms with Crippen molar-refractivity contribution >= 4 is 29.9 Å². The van der Waals surface area contributed by atoms with E-state index in [1.807, 2.05) is 18.7 Å². The summed E-state index contributed by atoms with van der Waals surface area (Å²) in [6.45, 7) is 12.0. The molecule has 6 nitrogen and oxygen atoms in total. The van der Waals surface area contributed by atoms with Crippen LogP contribution in [0, 0.1) is 0 Å². The summed E-state index contributed by atoms with van der Waals surface area (Å²) in [4.78, 5) is 11.4. The minimum atomic E-state index is 0. The summed E-state index contributed by atoms with van der Waals surface area (Å²) >= 11 is 0. The van der Waals surface area contributed by atoms with Crippen LogP contribution in [0.5, 0.6) is 0 Å². The van der Waals surface area contributed by atoms with Crippen molar-refractivity contribution in [1.29, 1.82) is 0 Å². The molecule has 0 radical (unpaired) electrons. The lowest BCUT2D eigenvalue weighted by molar-refractivity contribution is 0.224. The van der Waals surface area contributed by atoms with Gasteiger partial charge in [-0.25, -0.2) is 4.98 Å². The molecule has 0 aliphatic carbocycles. The monoisotopic (exact) mass is 498 g/mol. The van der Waals surface area contributed by atoms with Gasteiger partial charge in [-0.1, -0.05) is 44.2 Å². The van der Waals surface area contributed by atoms with Crippen molar-refractivity contribution in [1.82, 2.24) is 25.1 Å². The maximum absolute atomic E-state index is 4.88. The number of aryl methyl sites for hydroxylation is 1. The average Bonchev–Trinajstić information content (AvgIpc) is 3.22. The molecule has 2 aromatic rings. The summed E-state index contributed by atoms with van der Waals surface area (Å²) in [6.07, 6.45) is 6.69. The van der Waals surface area contributed by atoms with Crippen molar-refractivity contribution in [2.75, 3.05) is 32.7 Å². The van der Waals surface area contributed by atoms with Crippen molar-refractivity contribution < 1.29 is 0 Å². The summed E-state index contributed by atoms with van der Waals surface area (Å²) in [5, 5.41) is 6.81. The summed E-state index contributed by atoms with van der Waals surface area (Å²) in [7, 11) is 0. The number of nitrogens with one attached hydrogen (secondary N) is 2. The summed E-state index contributed by atoms with van der Waals surface area (Å²) in [5.41, 5.74) is 1.32. The number of benzene rings is 1. The normalized spacial score (nSPS) is 12.5. The Kier molecular flexibility index (Phi) is 12.6. The lowest BCUT2D eigenvalue weighted by Crippen LogP contribution is -2.39. The number of hydrogen-bond donors (Lipinski definition) is 2. The molecule has 0 spiro atoms. The number of aliphatic imine (C=N–C) groups is 1. The minimum Gasteiger partial charge on any atom is -0.357 e. The molecule has 156 valence electrons. The zero-order chi connectivity index (χ0) is 19.3. The molecule has 1 aromatic carbocycles. The van der Waals surface area contributed by atoms with E-state index in [9.17, 15) is 0 Å². The van der Waals surface area contributed by atoms with Crippen LogP contribution in [-0.4, -0.2) is 53.1 Å². The van der Waals surface area contributed by atoms with Crippen LogP contribution < -0.4 is 10.6 Å². The molecule has 7 heteroatoms. The first kappa shape index (κ1) is 24.4. The Morgan fingerprint density at radius 3 is 2.50 bits per heavy atom. The highest BCUT2D eigenvalue weighted by molar-refractivity contribution is 14.0. The molecule has 2 N–H and O–H groups in total. The summed E-state index contributed by atoms with van der Waals surface area (Å²) in [6, 6.07) is 11.0. The van der Waals surface area contributed by atoms with Crippen LogP contribution in [0.25, 0.3) is 0 Å². The first-order valence-corrected chi connectivity index (χ1v) is 10.0. The summed E-state index contributed by atoms with van der Waals surface area (Å²) < 4.78 is 2.09. The van der Waals surface area contributed by atoms with Gasteiger partial charge < -0.3 is 15.2 Å². The molecule has 1 heterocycles.